The van der Waals surface area contributed by atoms with Gasteiger partial charge in [0.15, 0.2) is 0 Å². The number of anilines is 1. The lowest BCUT2D eigenvalue weighted by molar-refractivity contribution is -0.156. The van der Waals surface area contributed by atoms with E-state index >= 15 is 0 Å². The van der Waals surface area contributed by atoms with Gasteiger partial charge in [-0.25, -0.2) is 4.98 Å². The number of hydrazone groups is 1. The molecule has 2 fully saturated rings. The lowest BCUT2D eigenvalue weighted by atomic mass is 10.0. The van der Waals surface area contributed by atoms with E-state index in [4.69, 9.17) is 10.6 Å². The maximum atomic E-state index is 12.0. The number of rotatable bonds is 5. The molecule has 29 heavy (non-hydrogen) atoms. The molecule has 160 valence electrons. The second-order valence-electron chi connectivity index (χ2n) is 8.84. The van der Waals surface area contributed by atoms with E-state index in [-0.39, 0.29) is 5.97 Å². The van der Waals surface area contributed by atoms with E-state index in [1.54, 1.807) is 12.4 Å². The van der Waals surface area contributed by atoms with Crippen molar-refractivity contribution in [2.24, 2.45) is 10.9 Å². The molecule has 0 amide bonds. The number of hydrogen-bond acceptors (Lipinski definition) is 8. The average molecular weight is 403 g/mol. The molecular formula is C21H34N6O2. The minimum Gasteiger partial charge on any atom is -0.459 e. The molecule has 1 aromatic heterocycles. The van der Waals surface area contributed by atoms with Gasteiger partial charge in [-0.1, -0.05) is 0 Å². The van der Waals surface area contributed by atoms with Crippen LogP contribution in [0.15, 0.2) is 23.4 Å². The molecular weight excluding hydrogens is 368 g/mol. The fourth-order valence-electron chi connectivity index (χ4n) is 4.06. The minimum atomic E-state index is -0.414. The summed E-state index contributed by atoms with van der Waals surface area (Å²) in [5.41, 5.74) is 0.496. The molecule has 0 spiro atoms. The Hall–Kier alpha value is -2.19. The van der Waals surface area contributed by atoms with Crippen LogP contribution < -0.4 is 10.7 Å². The first kappa shape index (κ1) is 21.5. The number of carbonyl (C=O) groups excluding carboxylic acids is 1. The smallest absolute Gasteiger partial charge is 0.320 e. The predicted molar refractivity (Wildman–Crippen MR) is 115 cm³/mol. The van der Waals surface area contributed by atoms with Crippen LogP contribution >= 0.6 is 0 Å². The minimum absolute atomic E-state index is 0.124. The number of aromatic nitrogens is 1. The highest BCUT2D eigenvalue weighted by Crippen LogP contribution is 2.21. The van der Waals surface area contributed by atoms with E-state index in [1.807, 2.05) is 32.9 Å². The molecule has 2 aliphatic rings. The van der Waals surface area contributed by atoms with Gasteiger partial charge in [-0.05, 0) is 45.7 Å². The number of pyridine rings is 1. The number of esters is 1. The van der Waals surface area contributed by atoms with E-state index in [1.165, 1.54) is 0 Å². The quantitative estimate of drug-likeness (QED) is 0.344. The average Bonchev–Trinajstić information content (AvgIpc) is 2.68. The number of carbonyl (C=O) groups is 1. The molecule has 2 saturated heterocycles. The van der Waals surface area contributed by atoms with Gasteiger partial charge in [-0.3, -0.25) is 14.6 Å². The van der Waals surface area contributed by atoms with Gasteiger partial charge in [0.2, 0.25) is 0 Å². The highest BCUT2D eigenvalue weighted by Gasteiger charge is 2.29. The topological polar surface area (TPSA) is 87.3 Å². The summed E-state index contributed by atoms with van der Waals surface area (Å²) in [6, 6.07) is 4.62. The summed E-state index contributed by atoms with van der Waals surface area (Å²) in [6.45, 7) is 12.1. The highest BCUT2D eigenvalue weighted by atomic mass is 16.6. The molecule has 3 heterocycles. The van der Waals surface area contributed by atoms with Gasteiger partial charge >= 0.3 is 5.97 Å². The second kappa shape index (κ2) is 9.54. The number of likely N-dealkylation sites (tertiary alicyclic amines) is 1. The first-order valence-corrected chi connectivity index (χ1v) is 10.5. The number of nitrogens with zero attached hydrogens (tertiary/aromatic N) is 5. The van der Waals surface area contributed by atoms with Gasteiger partial charge in [0.1, 0.15) is 11.4 Å². The van der Waals surface area contributed by atoms with Gasteiger partial charge in [0.25, 0.3) is 0 Å². The summed E-state index contributed by atoms with van der Waals surface area (Å²) in [5, 5.41) is 3.53. The molecule has 8 heteroatoms. The summed E-state index contributed by atoms with van der Waals surface area (Å²) >= 11 is 0. The third-order valence-corrected chi connectivity index (χ3v) is 5.48. The van der Waals surface area contributed by atoms with Gasteiger partial charge < -0.3 is 15.5 Å². The predicted octanol–water partition coefficient (Wildman–Crippen LogP) is 1.30. The Labute approximate surface area is 173 Å². The van der Waals surface area contributed by atoms with Crippen LogP contribution in [0.2, 0.25) is 0 Å². The first-order valence-electron chi connectivity index (χ1n) is 10.5. The molecule has 0 radical (unpaired) electrons. The van der Waals surface area contributed by atoms with Crippen LogP contribution in [0.3, 0.4) is 0 Å². The monoisotopic (exact) mass is 402 g/mol. The van der Waals surface area contributed by atoms with E-state index in [2.05, 4.69) is 24.8 Å². The highest BCUT2D eigenvalue weighted by molar-refractivity contribution is 5.79. The van der Waals surface area contributed by atoms with Crippen LogP contribution in [0.1, 0.15) is 39.2 Å². The van der Waals surface area contributed by atoms with Crippen LogP contribution in [0.5, 0.6) is 0 Å². The van der Waals surface area contributed by atoms with Gasteiger partial charge in [-0.2, -0.15) is 5.10 Å². The first-order chi connectivity index (χ1) is 13.8. The van der Waals surface area contributed by atoms with Crippen molar-refractivity contribution in [3.05, 3.63) is 23.9 Å². The van der Waals surface area contributed by atoms with Gasteiger partial charge in [0, 0.05) is 57.1 Å². The van der Waals surface area contributed by atoms with Crippen molar-refractivity contribution in [3.8, 4) is 0 Å². The molecule has 0 bridgehead atoms. The van der Waals surface area contributed by atoms with Crippen molar-refractivity contribution in [2.45, 2.75) is 45.3 Å². The van der Waals surface area contributed by atoms with Crippen molar-refractivity contribution in [1.29, 1.82) is 0 Å². The summed E-state index contributed by atoms with van der Waals surface area (Å²) in [4.78, 5) is 23.7. The summed E-state index contributed by atoms with van der Waals surface area (Å²) in [6.07, 6.45) is 5.62. The molecule has 0 atom stereocenters. The summed E-state index contributed by atoms with van der Waals surface area (Å²) in [5.74, 6) is 6.07. The van der Waals surface area contributed by atoms with Crippen molar-refractivity contribution in [3.63, 3.8) is 0 Å². The van der Waals surface area contributed by atoms with Crippen LogP contribution in [-0.2, 0) is 9.53 Å². The number of ether oxygens (including phenoxy) is 1. The maximum absolute atomic E-state index is 12.0. The van der Waals surface area contributed by atoms with Crippen LogP contribution in [0, 0.1) is 0 Å². The largest absolute Gasteiger partial charge is 0.459 e. The Morgan fingerprint density at radius 2 is 1.90 bits per heavy atom. The third kappa shape index (κ3) is 6.40. The van der Waals surface area contributed by atoms with Gasteiger partial charge in [0.05, 0.1) is 12.8 Å². The number of piperidine rings is 1. The van der Waals surface area contributed by atoms with Crippen molar-refractivity contribution in [1.82, 2.24) is 14.8 Å². The van der Waals surface area contributed by atoms with Gasteiger partial charge in [-0.15, -0.1) is 0 Å². The number of nitrogens with two attached hydrogens (primary N) is 1. The summed E-state index contributed by atoms with van der Waals surface area (Å²) < 4.78 is 5.44. The zero-order valence-corrected chi connectivity index (χ0v) is 17.9. The standard InChI is InChI=1S/C21H34N6O2/c1-21(2,3)29-20(28)16-25-8-6-18(7-9-25)26-10-12-27(13-11-26)19-5-4-17(14-23-19)15-24-22/h4-5,14-15,18H,6-13,16,22H2,1-3H3. The molecule has 8 nitrogen and oxygen atoms in total. The van der Waals surface area contributed by atoms with Crippen molar-refractivity contribution >= 4 is 18.0 Å². The molecule has 3 rings (SSSR count). The number of piperazine rings is 1. The maximum Gasteiger partial charge on any atom is 0.320 e. The molecule has 2 aliphatic heterocycles. The Kier molecular flexibility index (Phi) is 7.08. The zero-order chi connectivity index (χ0) is 20.9. The summed E-state index contributed by atoms with van der Waals surface area (Å²) in [7, 11) is 0. The van der Waals surface area contributed by atoms with Crippen LogP contribution in [0.25, 0.3) is 0 Å². The fourth-order valence-corrected chi connectivity index (χ4v) is 4.06. The fraction of sp³-hybridized carbons (Fsp3) is 0.667. The number of hydrogen-bond donors (Lipinski definition) is 1. The lowest BCUT2D eigenvalue weighted by Crippen LogP contribution is -2.53. The Balaban J connectivity index is 1.41. The normalized spacial score (nSPS) is 20.3. The van der Waals surface area contributed by atoms with Crippen molar-refractivity contribution in [2.75, 3.05) is 50.7 Å². The van der Waals surface area contributed by atoms with Crippen molar-refractivity contribution < 1.29 is 9.53 Å². The molecule has 0 saturated carbocycles. The second-order valence-corrected chi connectivity index (χ2v) is 8.84. The third-order valence-electron chi connectivity index (χ3n) is 5.48. The van der Waals surface area contributed by atoms with E-state index in [0.717, 1.165) is 63.5 Å². The van der Waals surface area contributed by atoms with E-state index < -0.39 is 5.60 Å². The van der Waals surface area contributed by atoms with Crippen LogP contribution in [0.4, 0.5) is 5.82 Å². The molecule has 2 N–H and O–H groups in total. The Morgan fingerprint density at radius 3 is 2.45 bits per heavy atom. The Bertz CT molecular complexity index is 684. The molecule has 0 unspecified atom stereocenters. The zero-order valence-electron chi connectivity index (χ0n) is 17.9. The van der Waals surface area contributed by atoms with Crippen LogP contribution in [-0.4, -0.2) is 84.4 Å². The SMILES string of the molecule is CC(C)(C)OC(=O)CN1CCC(N2CCN(c3ccc(C=NN)cn3)CC2)CC1. The molecule has 1 aromatic rings. The van der Waals surface area contributed by atoms with E-state index in [9.17, 15) is 4.79 Å². The van der Waals surface area contributed by atoms with E-state index in [0.29, 0.717) is 12.6 Å². The molecule has 0 aliphatic carbocycles. The molecule has 0 aromatic carbocycles. The lowest BCUT2D eigenvalue weighted by Gasteiger charge is -2.43. The Morgan fingerprint density at radius 1 is 1.21 bits per heavy atom.